The van der Waals surface area contributed by atoms with Crippen LogP contribution >= 0.6 is 0 Å². The van der Waals surface area contributed by atoms with Gasteiger partial charge in [-0.15, -0.1) is 0 Å². The number of esters is 4. The Morgan fingerprint density at radius 3 is 0.828 bits per heavy atom. The highest BCUT2D eigenvalue weighted by atomic mass is 16.6. The zero-order chi connectivity index (χ0) is 48.4. The van der Waals surface area contributed by atoms with E-state index in [9.17, 15) is 39.0 Å². The van der Waals surface area contributed by atoms with Crippen LogP contribution in [0.2, 0.25) is 0 Å². The fourth-order valence-electron chi connectivity index (χ4n) is 7.99. The predicted octanol–water partition coefficient (Wildman–Crippen LogP) is 8.74. The van der Waals surface area contributed by atoms with Crippen LogP contribution in [0.4, 0.5) is 0 Å². The number of aromatic carboxylic acids is 2. The van der Waals surface area contributed by atoms with Gasteiger partial charge in [-0.1, -0.05) is 0 Å². The Morgan fingerprint density at radius 2 is 0.562 bits per heavy atom. The van der Waals surface area contributed by atoms with E-state index in [-0.39, 0.29) is 79.0 Å². The molecule has 0 aliphatic rings. The summed E-state index contributed by atoms with van der Waals surface area (Å²) in [4.78, 5) is 78.8. The Balaban J connectivity index is 1.61. The number of hydrogen-bond donors (Lipinski definition) is 2. The number of ether oxygens (including phenoxy) is 8. The molecule has 4 rings (SSSR count). The monoisotopic (exact) mass is 884 g/mol. The average molecular weight is 885 g/mol. The van der Waals surface area contributed by atoms with E-state index < -0.39 is 35.8 Å². The van der Waals surface area contributed by atoms with Crippen LogP contribution in [-0.4, -0.2) is 74.5 Å². The van der Waals surface area contributed by atoms with Gasteiger partial charge in [-0.2, -0.15) is 0 Å². The van der Waals surface area contributed by atoms with E-state index in [4.69, 9.17) is 37.9 Å². The van der Waals surface area contributed by atoms with Gasteiger partial charge in [0.2, 0.25) is 0 Å². The van der Waals surface area contributed by atoms with Crippen LogP contribution < -0.4 is 28.4 Å². The quantitative estimate of drug-likeness (QED) is 0.0687. The van der Waals surface area contributed by atoms with Gasteiger partial charge in [0.25, 0.3) is 0 Å². The number of benzene rings is 4. The number of carboxylic acids is 2. The van der Waals surface area contributed by atoms with Crippen molar-refractivity contribution in [3.8, 4) is 34.5 Å². The first-order valence-electron chi connectivity index (χ1n) is 19.7. The molecule has 0 saturated carbocycles. The Labute approximate surface area is 370 Å². The largest absolute Gasteiger partial charge is 0.496 e. The van der Waals surface area contributed by atoms with E-state index in [0.717, 1.165) is 12.5 Å². The molecule has 0 unspecified atom stereocenters. The topological polar surface area (TPSA) is 217 Å². The molecule has 16 heteroatoms. The molecule has 0 saturated heterocycles. The first-order valence-corrected chi connectivity index (χ1v) is 19.7. The van der Waals surface area contributed by atoms with Crippen LogP contribution in [0.1, 0.15) is 129 Å². The van der Waals surface area contributed by atoms with Crippen molar-refractivity contribution >= 4 is 35.8 Å². The molecule has 4 aromatic rings. The van der Waals surface area contributed by atoms with Crippen molar-refractivity contribution in [3.05, 3.63) is 113 Å². The zero-order valence-electron chi connectivity index (χ0n) is 38.8. The van der Waals surface area contributed by atoms with Crippen molar-refractivity contribution in [1.82, 2.24) is 0 Å². The van der Waals surface area contributed by atoms with Crippen molar-refractivity contribution in [3.63, 3.8) is 0 Å². The maximum Gasteiger partial charge on any atom is 0.347 e. The lowest BCUT2D eigenvalue weighted by atomic mass is 9.92. The van der Waals surface area contributed by atoms with Crippen LogP contribution in [-0.2, 0) is 9.47 Å². The lowest BCUT2D eigenvalue weighted by Gasteiger charge is -2.22. The van der Waals surface area contributed by atoms with Gasteiger partial charge < -0.3 is 48.1 Å². The summed E-state index contributed by atoms with van der Waals surface area (Å²) < 4.78 is 44.5. The van der Waals surface area contributed by atoms with Gasteiger partial charge >= 0.3 is 35.8 Å². The molecule has 4 aromatic carbocycles. The molecule has 64 heavy (non-hydrogen) atoms. The molecule has 0 amide bonds. The van der Waals surface area contributed by atoms with Crippen molar-refractivity contribution in [2.24, 2.45) is 0 Å². The number of carbonyl (C=O) groups excluding carboxylic acids is 4. The zero-order valence-corrected chi connectivity index (χ0v) is 38.8. The molecule has 0 fully saturated rings. The Kier molecular flexibility index (Phi) is 14.9. The van der Waals surface area contributed by atoms with Crippen molar-refractivity contribution in [2.45, 2.75) is 83.1 Å². The van der Waals surface area contributed by atoms with Gasteiger partial charge in [-0.05, 0) is 128 Å². The van der Waals surface area contributed by atoms with Crippen LogP contribution in [0.25, 0.3) is 0 Å². The van der Waals surface area contributed by atoms with Crippen LogP contribution in [0.3, 0.4) is 0 Å². The number of carboxylic acid groups (broad SMARTS) is 2. The second-order valence-electron chi connectivity index (χ2n) is 15.0. The molecule has 0 aliphatic heterocycles. The maximum absolute atomic E-state index is 13.9. The maximum atomic E-state index is 13.9. The molecule has 0 spiro atoms. The fourth-order valence-corrected chi connectivity index (χ4v) is 7.99. The molecular formula is C48H52O16. The minimum Gasteiger partial charge on any atom is -0.496 e. The highest BCUT2D eigenvalue weighted by molar-refractivity contribution is 6.04. The minimum absolute atomic E-state index is 0.0296. The van der Waals surface area contributed by atoms with E-state index >= 15 is 0 Å². The first kappa shape index (κ1) is 49.3. The predicted molar refractivity (Wildman–Crippen MR) is 233 cm³/mol. The Morgan fingerprint density at radius 1 is 0.312 bits per heavy atom. The molecule has 0 bridgehead atoms. The number of rotatable bonds is 14. The van der Waals surface area contributed by atoms with Gasteiger partial charge in [-0.25, -0.2) is 28.8 Å². The van der Waals surface area contributed by atoms with Crippen LogP contribution in [0.5, 0.6) is 34.5 Å². The third kappa shape index (κ3) is 8.55. The van der Waals surface area contributed by atoms with Gasteiger partial charge in [0, 0.05) is 22.3 Å². The molecule has 0 radical (unpaired) electrons. The molecule has 340 valence electrons. The molecule has 0 atom stereocenters. The Hall–Kier alpha value is -7.36. The fraction of sp³-hybridized carbons (Fsp3) is 0.333. The third-order valence-corrected chi connectivity index (χ3v) is 11.7. The summed E-state index contributed by atoms with van der Waals surface area (Å²) in [7, 11) is 5.30. The summed E-state index contributed by atoms with van der Waals surface area (Å²) in [6, 6.07) is 0. The van der Waals surface area contributed by atoms with E-state index in [1.54, 1.807) is 83.1 Å². The van der Waals surface area contributed by atoms with Crippen LogP contribution in [0.15, 0.2) is 12.5 Å². The number of carbonyl (C=O) groups is 6. The molecule has 0 heterocycles. The molecular weight excluding hydrogens is 833 g/mol. The normalized spacial score (nSPS) is 10.9. The molecule has 16 nitrogen and oxygen atoms in total. The smallest absolute Gasteiger partial charge is 0.347 e. The summed E-state index contributed by atoms with van der Waals surface area (Å²) in [5, 5.41) is 19.6. The summed E-state index contributed by atoms with van der Waals surface area (Å²) in [6.07, 6.45) is 1.75. The van der Waals surface area contributed by atoms with Crippen molar-refractivity contribution in [1.29, 1.82) is 0 Å². The van der Waals surface area contributed by atoms with Crippen LogP contribution in [0, 0.1) is 83.1 Å². The second kappa shape index (κ2) is 19.4. The second-order valence-corrected chi connectivity index (χ2v) is 15.0. The summed E-state index contributed by atoms with van der Waals surface area (Å²) >= 11 is 0. The molecule has 0 aliphatic carbocycles. The lowest BCUT2D eigenvalue weighted by Crippen LogP contribution is -2.19. The average Bonchev–Trinajstić information content (AvgIpc) is 3.23. The van der Waals surface area contributed by atoms with E-state index in [0.29, 0.717) is 55.6 Å². The summed E-state index contributed by atoms with van der Waals surface area (Å²) in [5.41, 5.74) is 4.18. The molecule has 0 aromatic heterocycles. The number of hydrogen-bond acceptors (Lipinski definition) is 14. The highest BCUT2D eigenvalue weighted by Gasteiger charge is 2.33. The van der Waals surface area contributed by atoms with Crippen molar-refractivity contribution < 1.29 is 76.9 Å². The van der Waals surface area contributed by atoms with E-state index in [1.165, 1.54) is 28.4 Å². The standard InChI is InChI=1S/C48H52O16/c1-19-21(3)35(47(55)63-37-25(7)23(5)33(43(49)50)41(59-15)29(37)11)39(57-13)27(9)31(19)45(53)61-17-18-62-46(54)32-20(2)22(4)36(40(58-14)28(32)10)48(56)64-38-26(8)24(6)34(44(51)52)42(60-16)30(38)12/h17-18H,1-16H3,(H,49,50)(H,51,52)/b18-17+. The summed E-state index contributed by atoms with van der Waals surface area (Å²) in [5.74, 6) is -5.34. The first-order chi connectivity index (χ1) is 30.0. The van der Waals surface area contributed by atoms with Crippen molar-refractivity contribution in [2.75, 3.05) is 28.4 Å². The Bertz CT molecular complexity index is 2520. The lowest BCUT2D eigenvalue weighted by molar-refractivity contribution is 0.0596. The van der Waals surface area contributed by atoms with E-state index in [2.05, 4.69) is 0 Å². The van der Waals surface area contributed by atoms with Gasteiger partial charge in [0.05, 0.1) is 39.6 Å². The van der Waals surface area contributed by atoms with Gasteiger partial charge in [0.15, 0.2) is 0 Å². The SMILES string of the molecule is COc1c(C)c(OC(=O)c2c(C)c(C)c(C(=O)O/C=C/OC(=O)c3c(C)c(C)c(C(=O)Oc4c(C)c(C)c(C(=O)O)c(OC)c4C)c(OC)c3C)c(C)c2OC)c(C)c(C)c1C(=O)O. The van der Waals surface area contributed by atoms with Gasteiger partial charge in [-0.3, -0.25) is 0 Å². The van der Waals surface area contributed by atoms with Gasteiger partial charge in [0.1, 0.15) is 69.3 Å². The third-order valence-electron chi connectivity index (χ3n) is 11.7. The molecule has 2 N–H and O–H groups in total. The number of methoxy groups -OCH3 is 4. The van der Waals surface area contributed by atoms with E-state index in [1.807, 2.05) is 0 Å². The highest BCUT2D eigenvalue weighted by Crippen LogP contribution is 2.42. The summed E-state index contributed by atoms with van der Waals surface area (Å²) in [6.45, 7) is 19.1. The minimum atomic E-state index is -1.20.